The molecule has 19 heavy (non-hydrogen) atoms. The second-order valence-electron chi connectivity index (χ2n) is 5.43. The van der Waals surface area contributed by atoms with Gasteiger partial charge in [0.05, 0.1) is 0 Å². The zero-order valence-electron chi connectivity index (χ0n) is 11.7. The number of nitrogens with zero attached hydrogens (tertiary/aromatic N) is 1. The molecule has 0 bridgehead atoms. The molecule has 1 aromatic rings. The number of urea groups is 1. The predicted molar refractivity (Wildman–Crippen MR) is 74.8 cm³/mol. The number of hydrogen-bond acceptors (Lipinski definition) is 1. The molecule has 2 atom stereocenters. The van der Waals surface area contributed by atoms with Crippen molar-refractivity contribution in [2.45, 2.75) is 52.1 Å². The van der Waals surface area contributed by atoms with E-state index in [4.69, 9.17) is 0 Å². The lowest BCUT2D eigenvalue weighted by molar-refractivity contribution is 0.133. The van der Waals surface area contributed by atoms with Gasteiger partial charge in [-0.15, -0.1) is 0 Å². The molecule has 0 aliphatic carbocycles. The number of nitrogens with one attached hydrogen (secondary N) is 1. The summed E-state index contributed by atoms with van der Waals surface area (Å²) in [7, 11) is 0. The van der Waals surface area contributed by atoms with Gasteiger partial charge in [-0.05, 0) is 57.7 Å². The summed E-state index contributed by atoms with van der Waals surface area (Å²) < 4.78 is 13.5. The molecule has 2 amide bonds. The van der Waals surface area contributed by atoms with Crippen LogP contribution in [-0.4, -0.2) is 23.0 Å². The van der Waals surface area contributed by atoms with Gasteiger partial charge in [0.2, 0.25) is 0 Å². The van der Waals surface area contributed by atoms with Crippen molar-refractivity contribution in [1.29, 1.82) is 0 Å². The van der Waals surface area contributed by atoms with Gasteiger partial charge in [0.15, 0.2) is 0 Å². The number of carbonyl (C=O) groups is 1. The largest absolute Gasteiger partial charge is 0.322 e. The number of halogens is 1. The van der Waals surface area contributed by atoms with Crippen molar-refractivity contribution < 1.29 is 9.18 Å². The second kappa shape index (κ2) is 5.59. The lowest BCUT2D eigenvalue weighted by atomic mass is 9.98. The number of likely N-dealkylation sites (tertiary alicyclic amines) is 1. The van der Waals surface area contributed by atoms with Crippen molar-refractivity contribution in [3.05, 3.63) is 29.6 Å². The van der Waals surface area contributed by atoms with Crippen molar-refractivity contribution >= 4 is 11.7 Å². The van der Waals surface area contributed by atoms with Gasteiger partial charge in [0.25, 0.3) is 0 Å². The molecular weight excluding hydrogens is 243 g/mol. The maximum atomic E-state index is 13.5. The average Bonchev–Trinajstić information content (AvgIpc) is 2.33. The standard InChI is InChI=1S/C15H21FN2O/c1-10-7-8-13(9-14(10)16)17-15(19)18-11(2)5-4-6-12(18)3/h7-9,11-12H,4-6H2,1-3H3,(H,17,19). The Morgan fingerprint density at radius 1 is 1.32 bits per heavy atom. The predicted octanol–water partition coefficient (Wildman–Crippen LogP) is 3.93. The van der Waals surface area contributed by atoms with Crippen LogP contribution in [0.5, 0.6) is 0 Å². The molecule has 2 unspecified atom stereocenters. The molecule has 1 aliphatic rings. The Balaban J connectivity index is 2.09. The van der Waals surface area contributed by atoms with Gasteiger partial charge in [0, 0.05) is 17.8 Å². The zero-order chi connectivity index (χ0) is 14.0. The van der Waals surface area contributed by atoms with E-state index in [1.54, 1.807) is 19.1 Å². The number of carbonyl (C=O) groups excluding carboxylic acids is 1. The van der Waals surface area contributed by atoms with Gasteiger partial charge in [-0.2, -0.15) is 0 Å². The molecule has 0 aromatic heterocycles. The minimum atomic E-state index is -0.294. The van der Waals surface area contributed by atoms with Crippen LogP contribution in [0.1, 0.15) is 38.7 Å². The van der Waals surface area contributed by atoms with Crippen LogP contribution in [0.15, 0.2) is 18.2 Å². The summed E-state index contributed by atoms with van der Waals surface area (Å²) in [4.78, 5) is 14.1. The van der Waals surface area contributed by atoms with Crippen molar-refractivity contribution in [2.24, 2.45) is 0 Å². The first kappa shape index (κ1) is 13.8. The Bertz CT molecular complexity index is 465. The fourth-order valence-corrected chi connectivity index (χ4v) is 2.68. The van der Waals surface area contributed by atoms with Gasteiger partial charge >= 0.3 is 6.03 Å². The van der Waals surface area contributed by atoms with Crippen molar-refractivity contribution in [1.82, 2.24) is 4.90 Å². The molecule has 0 saturated carbocycles. The maximum absolute atomic E-state index is 13.5. The summed E-state index contributed by atoms with van der Waals surface area (Å²) in [5.74, 6) is -0.294. The van der Waals surface area contributed by atoms with Gasteiger partial charge in [-0.3, -0.25) is 0 Å². The molecular formula is C15H21FN2O. The van der Waals surface area contributed by atoms with Gasteiger partial charge in [-0.25, -0.2) is 9.18 Å². The van der Waals surface area contributed by atoms with E-state index in [1.807, 2.05) is 4.90 Å². The highest BCUT2D eigenvalue weighted by molar-refractivity contribution is 5.89. The molecule has 0 spiro atoms. The number of benzene rings is 1. The Kier molecular flexibility index (Phi) is 4.08. The highest BCUT2D eigenvalue weighted by atomic mass is 19.1. The van der Waals surface area contributed by atoms with Crippen LogP contribution in [0.4, 0.5) is 14.9 Å². The molecule has 1 heterocycles. The fourth-order valence-electron chi connectivity index (χ4n) is 2.68. The quantitative estimate of drug-likeness (QED) is 0.819. The van der Waals surface area contributed by atoms with Crippen molar-refractivity contribution in [3.63, 3.8) is 0 Å². The Hall–Kier alpha value is -1.58. The third kappa shape index (κ3) is 3.06. The lowest BCUT2D eigenvalue weighted by Crippen LogP contribution is -2.49. The fraction of sp³-hybridized carbons (Fsp3) is 0.533. The zero-order valence-corrected chi connectivity index (χ0v) is 11.7. The molecule has 3 nitrogen and oxygen atoms in total. The molecule has 104 valence electrons. The number of piperidine rings is 1. The van der Waals surface area contributed by atoms with E-state index >= 15 is 0 Å². The molecule has 1 saturated heterocycles. The summed E-state index contributed by atoms with van der Waals surface area (Å²) in [6.07, 6.45) is 3.21. The minimum absolute atomic E-state index is 0.136. The van der Waals surface area contributed by atoms with E-state index in [0.29, 0.717) is 11.3 Å². The first-order valence-corrected chi connectivity index (χ1v) is 6.84. The molecule has 1 aliphatic heterocycles. The lowest BCUT2D eigenvalue weighted by Gasteiger charge is -2.38. The Morgan fingerprint density at radius 3 is 2.53 bits per heavy atom. The van der Waals surface area contributed by atoms with E-state index in [-0.39, 0.29) is 23.9 Å². The van der Waals surface area contributed by atoms with Crippen LogP contribution in [-0.2, 0) is 0 Å². The summed E-state index contributed by atoms with van der Waals surface area (Å²) in [5, 5.41) is 2.79. The molecule has 4 heteroatoms. The maximum Gasteiger partial charge on any atom is 0.322 e. The average molecular weight is 264 g/mol. The number of aryl methyl sites for hydroxylation is 1. The molecule has 1 aromatic carbocycles. The molecule has 1 fully saturated rings. The van der Waals surface area contributed by atoms with Crippen LogP contribution in [0.3, 0.4) is 0 Å². The third-order valence-electron chi connectivity index (χ3n) is 3.85. The van der Waals surface area contributed by atoms with E-state index in [0.717, 1.165) is 19.3 Å². The molecule has 2 rings (SSSR count). The summed E-state index contributed by atoms with van der Waals surface area (Å²) in [5.41, 5.74) is 1.09. The van der Waals surface area contributed by atoms with Crippen LogP contribution in [0, 0.1) is 12.7 Å². The van der Waals surface area contributed by atoms with Gasteiger partial charge < -0.3 is 10.2 Å². The van der Waals surface area contributed by atoms with Crippen LogP contribution < -0.4 is 5.32 Å². The van der Waals surface area contributed by atoms with E-state index < -0.39 is 0 Å². The first-order chi connectivity index (χ1) is 8.99. The van der Waals surface area contributed by atoms with Crippen LogP contribution in [0.25, 0.3) is 0 Å². The number of amides is 2. The van der Waals surface area contributed by atoms with E-state index in [2.05, 4.69) is 19.2 Å². The number of anilines is 1. The number of rotatable bonds is 1. The summed E-state index contributed by atoms with van der Waals surface area (Å²) in [6.45, 7) is 5.83. The van der Waals surface area contributed by atoms with Crippen LogP contribution in [0.2, 0.25) is 0 Å². The Morgan fingerprint density at radius 2 is 1.95 bits per heavy atom. The molecule has 0 radical (unpaired) electrons. The van der Waals surface area contributed by atoms with Crippen molar-refractivity contribution in [3.8, 4) is 0 Å². The van der Waals surface area contributed by atoms with Crippen LogP contribution >= 0.6 is 0 Å². The molecule has 1 N–H and O–H groups in total. The minimum Gasteiger partial charge on any atom is -0.319 e. The Labute approximate surface area is 113 Å². The van der Waals surface area contributed by atoms with E-state index in [1.165, 1.54) is 6.07 Å². The highest BCUT2D eigenvalue weighted by Gasteiger charge is 2.28. The smallest absolute Gasteiger partial charge is 0.319 e. The van der Waals surface area contributed by atoms with Gasteiger partial charge in [-0.1, -0.05) is 6.07 Å². The summed E-state index contributed by atoms with van der Waals surface area (Å²) in [6, 6.07) is 5.11. The second-order valence-corrected chi connectivity index (χ2v) is 5.43. The summed E-state index contributed by atoms with van der Waals surface area (Å²) >= 11 is 0. The van der Waals surface area contributed by atoms with E-state index in [9.17, 15) is 9.18 Å². The first-order valence-electron chi connectivity index (χ1n) is 6.84. The topological polar surface area (TPSA) is 32.3 Å². The monoisotopic (exact) mass is 264 g/mol. The third-order valence-corrected chi connectivity index (χ3v) is 3.85. The normalized spacial score (nSPS) is 23.3. The highest BCUT2D eigenvalue weighted by Crippen LogP contribution is 2.23. The number of hydrogen-bond donors (Lipinski definition) is 1. The SMILES string of the molecule is Cc1ccc(NC(=O)N2C(C)CCCC2C)cc1F. The van der Waals surface area contributed by atoms with Crippen molar-refractivity contribution in [2.75, 3.05) is 5.32 Å². The van der Waals surface area contributed by atoms with Gasteiger partial charge in [0.1, 0.15) is 5.82 Å².